The first kappa shape index (κ1) is 8.00. The van der Waals surface area contributed by atoms with Crippen molar-refractivity contribution in [2.24, 2.45) is 0 Å². The molecule has 0 atom stereocenters. The molecule has 0 aliphatic heterocycles. The first-order valence-electron chi connectivity index (χ1n) is 3.43. The Morgan fingerprint density at radius 1 is 1.73 bits per heavy atom. The lowest BCUT2D eigenvalue weighted by molar-refractivity contribution is 0.456. The summed E-state index contributed by atoms with van der Waals surface area (Å²) in [5.74, 6) is 0.0175. The molecule has 0 fully saturated rings. The van der Waals surface area contributed by atoms with E-state index in [1.54, 1.807) is 6.92 Å². The van der Waals surface area contributed by atoms with E-state index in [0.717, 1.165) is 0 Å². The summed E-state index contributed by atoms with van der Waals surface area (Å²) in [4.78, 5) is 10.9. The molecule has 0 radical (unpaired) electrons. The van der Waals surface area contributed by atoms with E-state index in [2.05, 4.69) is 14.8 Å². The van der Waals surface area contributed by atoms with Gasteiger partial charge in [-0.05, 0) is 7.05 Å². The molecule has 0 aromatic carbocycles. The largest absolute Gasteiger partial charge is 0.437 e. The van der Waals surface area contributed by atoms with Gasteiger partial charge < -0.3 is 9.73 Å². The number of hydrogen-bond donors (Lipinski definition) is 1. The van der Waals surface area contributed by atoms with E-state index in [0.29, 0.717) is 19.0 Å². The van der Waals surface area contributed by atoms with Crippen LogP contribution < -0.4 is 11.1 Å². The zero-order valence-electron chi connectivity index (χ0n) is 6.63. The van der Waals surface area contributed by atoms with Gasteiger partial charge in [0, 0.05) is 13.5 Å². The number of rotatable bonds is 3. The molecule has 1 aromatic heterocycles. The highest BCUT2D eigenvalue weighted by molar-refractivity contribution is 4.67. The maximum absolute atomic E-state index is 10.9. The molecule has 5 nitrogen and oxygen atoms in total. The lowest BCUT2D eigenvalue weighted by atomic mass is 10.6. The van der Waals surface area contributed by atoms with Crippen molar-refractivity contribution in [3.8, 4) is 0 Å². The molecule has 0 amide bonds. The summed E-state index contributed by atoms with van der Waals surface area (Å²) in [6.45, 7) is 2.91. The van der Waals surface area contributed by atoms with Crippen LogP contribution in [0.5, 0.6) is 0 Å². The van der Waals surface area contributed by atoms with Gasteiger partial charge >= 0.3 is 5.76 Å². The van der Waals surface area contributed by atoms with E-state index in [9.17, 15) is 4.79 Å². The summed E-state index contributed by atoms with van der Waals surface area (Å²) in [5, 5.41) is 6.76. The van der Waals surface area contributed by atoms with Gasteiger partial charge in [-0.1, -0.05) is 0 Å². The molecule has 0 bridgehead atoms. The Labute approximate surface area is 64.0 Å². The van der Waals surface area contributed by atoms with Crippen LogP contribution in [0.4, 0.5) is 0 Å². The van der Waals surface area contributed by atoms with Gasteiger partial charge in [-0.3, -0.25) is 0 Å². The van der Waals surface area contributed by atoms with Crippen molar-refractivity contribution in [1.29, 1.82) is 0 Å². The van der Waals surface area contributed by atoms with Crippen molar-refractivity contribution in [1.82, 2.24) is 15.1 Å². The fraction of sp³-hybridized carbons (Fsp3) is 0.667. The molecular formula is C6H11N3O2. The molecule has 1 aromatic rings. The molecule has 0 aliphatic rings. The van der Waals surface area contributed by atoms with E-state index in [-0.39, 0.29) is 0 Å². The highest BCUT2D eigenvalue weighted by atomic mass is 16.4. The molecule has 0 saturated carbocycles. The van der Waals surface area contributed by atoms with Crippen LogP contribution in [-0.2, 0) is 6.54 Å². The van der Waals surface area contributed by atoms with E-state index >= 15 is 0 Å². The van der Waals surface area contributed by atoms with E-state index < -0.39 is 5.76 Å². The molecule has 0 saturated heterocycles. The average Bonchev–Trinajstić information content (AvgIpc) is 2.26. The Kier molecular flexibility index (Phi) is 2.43. The molecule has 0 aliphatic carbocycles. The van der Waals surface area contributed by atoms with Crippen molar-refractivity contribution in [2.45, 2.75) is 13.5 Å². The monoisotopic (exact) mass is 157 g/mol. The van der Waals surface area contributed by atoms with Crippen LogP contribution >= 0.6 is 0 Å². The minimum atomic E-state index is -0.391. The summed E-state index contributed by atoms with van der Waals surface area (Å²) in [6.07, 6.45) is 0. The zero-order valence-corrected chi connectivity index (χ0v) is 6.63. The number of likely N-dealkylation sites (N-methyl/N-ethyl adjacent to an activating group) is 1. The lowest BCUT2D eigenvalue weighted by Crippen LogP contribution is -2.23. The minimum Gasteiger partial charge on any atom is -0.393 e. The van der Waals surface area contributed by atoms with Crippen LogP contribution in [-0.4, -0.2) is 23.4 Å². The Morgan fingerprint density at radius 2 is 2.45 bits per heavy atom. The summed E-state index contributed by atoms with van der Waals surface area (Å²) in [7, 11) is 1.82. The topological polar surface area (TPSA) is 60.1 Å². The van der Waals surface area contributed by atoms with Gasteiger partial charge in [0.25, 0.3) is 0 Å². The number of hydrogen-bond acceptors (Lipinski definition) is 4. The second-order valence-electron chi connectivity index (χ2n) is 2.21. The quantitative estimate of drug-likeness (QED) is 0.634. The van der Waals surface area contributed by atoms with Crippen LogP contribution in [0.1, 0.15) is 5.89 Å². The Balaban J connectivity index is 2.70. The van der Waals surface area contributed by atoms with Crippen LogP contribution in [0.15, 0.2) is 9.21 Å². The fourth-order valence-electron chi connectivity index (χ4n) is 0.769. The Bertz CT molecular complexity index is 276. The van der Waals surface area contributed by atoms with Gasteiger partial charge in [-0.25, -0.2) is 4.79 Å². The summed E-state index contributed by atoms with van der Waals surface area (Å²) < 4.78 is 5.98. The molecule has 1 heterocycles. The number of aryl methyl sites for hydroxylation is 1. The van der Waals surface area contributed by atoms with Crippen molar-refractivity contribution in [3.05, 3.63) is 16.4 Å². The normalized spacial score (nSPS) is 10.4. The first-order chi connectivity index (χ1) is 5.24. The van der Waals surface area contributed by atoms with Gasteiger partial charge in [-0.15, -0.1) is 5.10 Å². The van der Waals surface area contributed by atoms with Crippen molar-refractivity contribution in [2.75, 3.05) is 13.6 Å². The van der Waals surface area contributed by atoms with Crippen LogP contribution in [0.25, 0.3) is 0 Å². The molecular weight excluding hydrogens is 146 g/mol. The second kappa shape index (κ2) is 3.34. The van der Waals surface area contributed by atoms with Crippen LogP contribution in [0, 0.1) is 6.92 Å². The maximum atomic E-state index is 10.9. The van der Waals surface area contributed by atoms with Gasteiger partial charge in [-0.2, -0.15) is 4.68 Å². The van der Waals surface area contributed by atoms with E-state index in [4.69, 9.17) is 0 Å². The van der Waals surface area contributed by atoms with Gasteiger partial charge in [0.15, 0.2) is 0 Å². The SMILES string of the molecule is CNCCn1nc(C)oc1=O. The summed E-state index contributed by atoms with van der Waals surface area (Å²) >= 11 is 0. The number of aromatic nitrogens is 2. The molecule has 1 rings (SSSR count). The fourth-order valence-corrected chi connectivity index (χ4v) is 0.769. The third kappa shape index (κ3) is 1.91. The Hall–Kier alpha value is -1.10. The standard InChI is InChI=1S/C6H11N3O2/c1-5-8-9(4-3-7-2)6(10)11-5/h7H,3-4H2,1-2H3. The molecule has 11 heavy (non-hydrogen) atoms. The lowest BCUT2D eigenvalue weighted by Gasteiger charge is -1.94. The summed E-state index contributed by atoms with van der Waals surface area (Å²) in [5.41, 5.74) is 0. The highest BCUT2D eigenvalue weighted by Gasteiger charge is 2.01. The van der Waals surface area contributed by atoms with E-state index in [1.165, 1.54) is 4.68 Å². The zero-order chi connectivity index (χ0) is 8.27. The van der Waals surface area contributed by atoms with Gasteiger partial charge in [0.2, 0.25) is 5.89 Å². The smallest absolute Gasteiger partial charge is 0.393 e. The third-order valence-electron chi connectivity index (χ3n) is 1.28. The third-order valence-corrected chi connectivity index (χ3v) is 1.28. The molecule has 5 heteroatoms. The summed E-state index contributed by atoms with van der Waals surface area (Å²) in [6, 6.07) is 0. The predicted molar refractivity (Wildman–Crippen MR) is 39.4 cm³/mol. The van der Waals surface area contributed by atoms with E-state index in [1.807, 2.05) is 7.05 Å². The molecule has 62 valence electrons. The maximum Gasteiger partial charge on any atom is 0.437 e. The minimum absolute atomic E-state index is 0.391. The van der Waals surface area contributed by atoms with Crippen molar-refractivity contribution >= 4 is 0 Å². The van der Waals surface area contributed by atoms with Crippen LogP contribution in [0.2, 0.25) is 0 Å². The molecule has 0 spiro atoms. The number of nitrogens with one attached hydrogen (secondary N) is 1. The van der Waals surface area contributed by atoms with Crippen molar-refractivity contribution in [3.63, 3.8) is 0 Å². The number of nitrogens with zero attached hydrogens (tertiary/aromatic N) is 2. The van der Waals surface area contributed by atoms with Gasteiger partial charge in [0.1, 0.15) is 0 Å². The van der Waals surface area contributed by atoms with Crippen LogP contribution in [0.3, 0.4) is 0 Å². The average molecular weight is 157 g/mol. The predicted octanol–water partition coefficient (Wildman–Crippen LogP) is -0.636. The van der Waals surface area contributed by atoms with Crippen molar-refractivity contribution < 1.29 is 4.42 Å². The molecule has 0 unspecified atom stereocenters. The first-order valence-corrected chi connectivity index (χ1v) is 3.43. The molecule has 1 N–H and O–H groups in total. The second-order valence-corrected chi connectivity index (χ2v) is 2.21. The van der Waals surface area contributed by atoms with Gasteiger partial charge in [0.05, 0.1) is 6.54 Å². The highest BCUT2D eigenvalue weighted by Crippen LogP contribution is 1.83. The Morgan fingerprint density at radius 3 is 2.91 bits per heavy atom.